The predicted molar refractivity (Wildman–Crippen MR) is 159 cm³/mol. The molecule has 0 aromatic rings. The van der Waals surface area contributed by atoms with Crippen LogP contribution in [0.4, 0.5) is 4.79 Å². The highest BCUT2D eigenvalue weighted by atomic mass is 31.2. The number of nitrogens with one attached hydrogen (secondary N) is 1. The van der Waals surface area contributed by atoms with E-state index in [1.807, 2.05) is 21.1 Å². The van der Waals surface area contributed by atoms with Crippen molar-refractivity contribution in [3.05, 3.63) is 0 Å². The van der Waals surface area contributed by atoms with Gasteiger partial charge in [-0.2, -0.15) is 0 Å². The van der Waals surface area contributed by atoms with E-state index in [9.17, 15) is 14.3 Å². The van der Waals surface area contributed by atoms with Gasteiger partial charge in [0.15, 0.2) is 6.10 Å². The van der Waals surface area contributed by atoms with Gasteiger partial charge in [-0.3, -0.25) is 9.05 Å². The fourth-order valence-electron chi connectivity index (χ4n) is 4.07. The predicted octanol–water partition coefficient (Wildman–Crippen LogP) is 7.22. The Morgan fingerprint density at radius 1 is 0.744 bits per heavy atom. The fourth-order valence-corrected chi connectivity index (χ4v) is 4.81. The van der Waals surface area contributed by atoms with Gasteiger partial charge >= 0.3 is 13.9 Å². The molecule has 0 heterocycles. The van der Waals surface area contributed by atoms with Gasteiger partial charge in [-0.15, -0.1) is 0 Å². The topological polar surface area (TPSA) is 103 Å². The molecular formula is C29H62N2O7P+. The lowest BCUT2D eigenvalue weighted by molar-refractivity contribution is -0.870. The summed E-state index contributed by atoms with van der Waals surface area (Å²) in [6.45, 7) is 5.45. The van der Waals surface area contributed by atoms with Crippen molar-refractivity contribution in [2.45, 2.75) is 123 Å². The van der Waals surface area contributed by atoms with Crippen LogP contribution in [0.3, 0.4) is 0 Å². The molecule has 1 unspecified atom stereocenters. The number of nitrogens with zero attached hydrogens (tertiary/aromatic N) is 1. The van der Waals surface area contributed by atoms with Crippen LogP contribution >= 0.6 is 7.82 Å². The molecule has 0 aromatic heterocycles. The number of quaternary nitrogens is 1. The zero-order chi connectivity index (χ0) is 29.2. The van der Waals surface area contributed by atoms with Gasteiger partial charge in [0.1, 0.15) is 13.2 Å². The van der Waals surface area contributed by atoms with Gasteiger partial charge in [-0.05, 0) is 13.3 Å². The molecule has 0 radical (unpaired) electrons. The number of amides is 1. The van der Waals surface area contributed by atoms with Crippen molar-refractivity contribution in [2.24, 2.45) is 0 Å². The minimum atomic E-state index is -4.25. The van der Waals surface area contributed by atoms with Gasteiger partial charge in [0.25, 0.3) is 0 Å². The lowest BCUT2D eigenvalue weighted by Gasteiger charge is -2.24. The van der Waals surface area contributed by atoms with Crippen LogP contribution in [-0.2, 0) is 23.1 Å². The third-order valence-corrected chi connectivity index (χ3v) is 7.47. The first-order valence-electron chi connectivity index (χ1n) is 15.5. The van der Waals surface area contributed by atoms with Crippen LogP contribution in [0.25, 0.3) is 0 Å². The van der Waals surface area contributed by atoms with Crippen LogP contribution in [-0.4, -0.2) is 82.2 Å². The third kappa shape index (κ3) is 28.6. The van der Waals surface area contributed by atoms with Gasteiger partial charge in [-0.25, -0.2) is 9.36 Å². The summed E-state index contributed by atoms with van der Waals surface area (Å²) in [4.78, 5) is 21.8. The Bertz CT molecular complexity index is 617. The lowest BCUT2D eigenvalue weighted by atomic mass is 10.0. The third-order valence-electron chi connectivity index (χ3n) is 6.48. The first-order valence-corrected chi connectivity index (χ1v) is 17.0. The first kappa shape index (κ1) is 38.3. The molecule has 2 atom stereocenters. The first-order chi connectivity index (χ1) is 18.6. The Hall–Kier alpha value is -0.700. The van der Waals surface area contributed by atoms with Crippen molar-refractivity contribution >= 4 is 13.9 Å². The van der Waals surface area contributed by atoms with E-state index in [-0.39, 0.29) is 19.8 Å². The number of hydrogen-bond acceptors (Lipinski definition) is 6. The van der Waals surface area contributed by atoms with Gasteiger partial charge in [0.05, 0.1) is 34.4 Å². The molecule has 0 aliphatic heterocycles. The van der Waals surface area contributed by atoms with Gasteiger partial charge in [-0.1, -0.05) is 103 Å². The maximum absolute atomic E-state index is 12.2. The summed E-state index contributed by atoms with van der Waals surface area (Å²) in [5.41, 5.74) is 0. The molecule has 0 bridgehead atoms. The van der Waals surface area contributed by atoms with Crippen molar-refractivity contribution in [3.63, 3.8) is 0 Å². The van der Waals surface area contributed by atoms with Crippen LogP contribution in [0.1, 0.15) is 117 Å². The molecule has 0 saturated carbocycles. The normalized spacial score (nSPS) is 14.2. The Morgan fingerprint density at radius 3 is 1.69 bits per heavy atom. The summed E-state index contributed by atoms with van der Waals surface area (Å²) < 4.78 is 33.8. The molecule has 10 heteroatoms. The zero-order valence-electron chi connectivity index (χ0n) is 25.9. The number of phosphoric ester groups is 1. The van der Waals surface area contributed by atoms with Crippen LogP contribution in [0.2, 0.25) is 0 Å². The monoisotopic (exact) mass is 581 g/mol. The average Bonchev–Trinajstić information content (AvgIpc) is 2.85. The summed E-state index contributed by atoms with van der Waals surface area (Å²) in [6, 6.07) is 0. The van der Waals surface area contributed by atoms with Crippen molar-refractivity contribution in [1.82, 2.24) is 5.32 Å². The number of phosphoric acid groups is 1. The summed E-state index contributed by atoms with van der Waals surface area (Å²) in [5, 5.41) is 2.55. The van der Waals surface area contributed by atoms with E-state index in [0.717, 1.165) is 12.8 Å². The van der Waals surface area contributed by atoms with E-state index in [1.54, 1.807) is 6.92 Å². The largest absolute Gasteiger partial charge is 0.472 e. The second-order valence-electron chi connectivity index (χ2n) is 11.5. The van der Waals surface area contributed by atoms with E-state index in [0.29, 0.717) is 24.2 Å². The molecule has 0 rings (SSSR count). The summed E-state index contributed by atoms with van der Waals surface area (Å²) in [6.07, 6.45) is 19.6. The number of unbranched alkanes of at least 4 members (excludes halogenated alkanes) is 15. The lowest BCUT2D eigenvalue weighted by Crippen LogP contribution is -2.37. The number of ether oxygens (including phenoxy) is 2. The van der Waals surface area contributed by atoms with E-state index in [2.05, 4.69) is 12.2 Å². The molecule has 0 aliphatic carbocycles. The Kier molecular flexibility index (Phi) is 24.6. The van der Waals surface area contributed by atoms with Gasteiger partial charge in [0.2, 0.25) is 0 Å². The molecule has 0 saturated heterocycles. The maximum atomic E-state index is 12.2. The van der Waals surface area contributed by atoms with Crippen LogP contribution < -0.4 is 5.32 Å². The van der Waals surface area contributed by atoms with Crippen LogP contribution in [0, 0.1) is 0 Å². The highest BCUT2D eigenvalue weighted by molar-refractivity contribution is 7.47. The zero-order valence-corrected chi connectivity index (χ0v) is 26.8. The Morgan fingerprint density at radius 2 is 1.23 bits per heavy atom. The van der Waals surface area contributed by atoms with Gasteiger partial charge in [0, 0.05) is 13.2 Å². The molecule has 39 heavy (non-hydrogen) atoms. The molecule has 2 N–H and O–H groups in total. The van der Waals surface area contributed by atoms with Crippen LogP contribution in [0.5, 0.6) is 0 Å². The van der Waals surface area contributed by atoms with E-state index in [1.165, 1.54) is 89.9 Å². The Balaban J connectivity index is 3.89. The van der Waals surface area contributed by atoms with Crippen molar-refractivity contribution in [1.29, 1.82) is 0 Å². The molecule has 0 spiro atoms. The molecule has 0 aromatic carbocycles. The molecule has 0 aliphatic rings. The number of rotatable bonds is 28. The van der Waals surface area contributed by atoms with Crippen molar-refractivity contribution < 1.29 is 37.3 Å². The van der Waals surface area contributed by atoms with Crippen molar-refractivity contribution in [3.8, 4) is 0 Å². The van der Waals surface area contributed by atoms with Crippen molar-refractivity contribution in [2.75, 3.05) is 60.7 Å². The Labute approximate surface area is 239 Å². The minimum Gasteiger partial charge on any atom is -0.441 e. The highest BCUT2D eigenvalue weighted by Crippen LogP contribution is 2.43. The number of carbonyl (C=O) groups is 1. The SMILES string of the molecule is CCCCCCCCCCCCCCCCCCOC[C@H](COP(=O)(O)OCC[N+](C)(C)C)OC(=O)NCC. The minimum absolute atomic E-state index is 0.0783. The maximum Gasteiger partial charge on any atom is 0.472 e. The standard InChI is InChI=1S/C29H61N2O7P/c1-6-8-9-10-11-12-13-14-15-16-17-18-19-20-21-22-24-35-26-28(38-29(32)30-7-2)27-37-39(33,34)36-25-23-31(3,4)5/h28H,6-27H2,1-5H3,(H-,30,32,33,34)/p+1/t28-/m1/s1. The molecule has 234 valence electrons. The van der Waals surface area contributed by atoms with Gasteiger partial charge < -0.3 is 24.2 Å². The molecule has 1 amide bonds. The number of alkyl carbamates (subject to hydrolysis) is 1. The van der Waals surface area contributed by atoms with E-state index in [4.69, 9.17) is 18.5 Å². The average molecular weight is 582 g/mol. The second kappa shape index (κ2) is 25.0. The quantitative estimate of drug-likeness (QED) is 0.0571. The highest BCUT2D eigenvalue weighted by Gasteiger charge is 2.26. The molecule has 0 fully saturated rings. The van der Waals surface area contributed by atoms with E-state index >= 15 is 0 Å². The second-order valence-corrected chi connectivity index (χ2v) is 13.0. The van der Waals surface area contributed by atoms with Crippen LogP contribution in [0.15, 0.2) is 0 Å². The molecular weight excluding hydrogens is 519 g/mol. The summed E-state index contributed by atoms with van der Waals surface area (Å²) in [7, 11) is 1.63. The number of likely N-dealkylation sites (N-methyl/N-ethyl adjacent to an activating group) is 1. The number of hydrogen-bond donors (Lipinski definition) is 2. The fraction of sp³-hybridized carbons (Fsp3) is 0.966. The molecule has 9 nitrogen and oxygen atoms in total. The smallest absolute Gasteiger partial charge is 0.441 e. The summed E-state index contributed by atoms with van der Waals surface area (Å²) in [5.74, 6) is 0. The summed E-state index contributed by atoms with van der Waals surface area (Å²) >= 11 is 0. The number of carbonyl (C=O) groups excluding carboxylic acids is 1. The van der Waals surface area contributed by atoms with E-state index < -0.39 is 20.0 Å².